The number of nitrogens with one attached hydrogen (secondary N) is 3. The molecule has 9 aromatic rings. The maximum Gasteiger partial charge on any atom is 0.175 e. The van der Waals surface area contributed by atoms with Crippen molar-refractivity contribution < 1.29 is 4.74 Å². The summed E-state index contributed by atoms with van der Waals surface area (Å²) in [6.07, 6.45) is 0. The highest BCUT2D eigenvalue weighted by Gasteiger charge is 2.24. The van der Waals surface area contributed by atoms with E-state index >= 15 is 0 Å². The van der Waals surface area contributed by atoms with Gasteiger partial charge in [0.2, 0.25) is 0 Å². The summed E-state index contributed by atoms with van der Waals surface area (Å²) in [6, 6.07) is 40.8. The van der Waals surface area contributed by atoms with Crippen LogP contribution in [0.3, 0.4) is 0 Å². The zero-order chi connectivity index (χ0) is 33.9. The van der Waals surface area contributed by atoms with E-state index in [1.807, 2.05) is 66.7 Å². The number of hydrogen-bond donors (Lipinski definition) is 3. The minimum Gasteiger partial charge on any atom is -0.497 e. The molecule has 6 nitrogen and oxygen atoms in total. The zero-order valence-electron chi connectivity index (χ0n) is 26.5. The molecule has 0 aliphatic rings. The predicted molar refractivity (Wildman–Crippen MR) is 210 cm³/mol. The highest BCUT2D eigenvalue weighted by Crippen LogP contribution is 2.44. The van der Waals surface area contributed by atoms with Gasteiger partial charge in [0, 0.05) is 27.1 Å². The molecular weight excluding hydrogens is 678 g/mol. The lowest BCUT2D eigenvalue weighted by atomic mass is 9.94. The molecule has 240 valence electrons. The molecule has 0 fully saturated rings. The molecular formula is C41H26ClN5OS2. The van der Waals surface area contributed by atoms with Gasteiger partial charge in [0.25, 0.3) is 0 Å². The van der Waals surface area contributed by atoms with Crippen LogP contribution in [0.5, 0.6) is 5.75 Å². The van der Waals surface area contributed by atoms with Crippen LogP contribution in [-0.4, -0.2) is 32.0 Å². The highest BCUT2D eigenvalue weighted by atomic mass is 35.5. The maximum absolute atomic E-state index is 6.31. The second-order valence-corrected chi connectivity index (χ2v) is 13.3. The van der Waals surface area contributed by atoms with E-state index in [9.17, 15) is 0 Å². The van der Waals surface area contributed by atoms with E-state index in [0.29, 0.717) is 25.8 Å². The summed E-state index contributed by atoms with van der Waals surface area (Å²) in [5, 5.41) is 5.41. The monoisotopic (exact) mass is 703 g/mol. The van der Waals surface area contributed by atoms with E-state index < -0.39 is 0 Å². The summed E-state index contributed by atoms with van der Waals surface area (Å²) >= 11 is 18.1. The quantitative estimate of drug-likeness (QED) is 0.123. The van der Waals surface area contributed by atoms with Crippen LogP contribution in [0.4, 0.5) is 0 Å². The Labute approximate surface area is 301 Å². The molecule has 0 aliphatic carbocycles. The van der Waals surface area contributed by atoms with Gasteiger partial charge in [0.05, 0.1) is 40.5 Å². The van der Waals surface area contributed by atoms with E-state index in [1.165, 1.54) is 0 Å². The minimum absolute atomic E-state index is 0.418. The lowest BCUT2D eigenvalue weighted by Crippen LogP contribution is -2.00. The number of ether oxygens (including phenoxy) is 1. The number of fused-ring (bicyclic) bond motifs is 5. The number of methoxy groups -OCH3 is 1. The molecule has 9 heteroatoms. The van der Waals surface area contributed by atoms with Crippen LogP contribution in [-0.2, 0) is 0 Å². The van der Waals surface area contributed by atoms with Gasteiger partial charge in [-0.3, -0.25) is 0 Å². The number of rotatable bonds is 5. The molecule has 0 amide bonds. The number of hydrogen-bond acceptors (Lipinski definition) is 5. The van der Waals surface area contributed by atoms with Gasteiger partial charge in [-0.05, 0) is 82.1 Å². The summed E-state index contributed by atoms with van der Waals surface area (Å²) in [7, 11) is 1.68. The lowest BCUT2D eigenvalue weighted by Gasteiger charge is -2.16. The first kappa shape index (κ1) is 30.4. The summed E-state index contributed by atoms with van der Waals surface area (Å²) in [5.74, 6) is 0.807. The maximum atomic E-state index is 6.31. The Balaban J connectivity index is 1.44. The van der Waals surface area contributed by atoms with E-state index in [1.54, 1.807) is 7.11 Å². The SMILES string of the molecule is COc1ccc2cc(-c3cc(-c4ccc(Cl)cc4)nc4nc(-c5c(-c6ccccc6)[nH]c6ccccc56)c5c(=S)[nH]c(=S)[nH]c5c34)ccc2c1. The number of halogens is 1. The second kappa shape index (κ2) is 12.0. The molecule has 5 aromatic carbocycles. The van der Waals surface area contributed by atoms with Crippen molar-refractivity contribution in [2.75, 3.05) is 7.11 Å². The number of benzene rings is 5. The fraction of sp³-hybridized carbons (Fsp3) is 0.0244. The predicted octanol–water partition coefficient (Wildman–Crippen LogP) is 11.9. The third-order valence-corrected chi connectivity index (χ3v) is 9.91. The smallest absolute Gasteiger partial charge is 0.175 e. The Bertz CT molecular complexity index is 2920. The van der Waals surface area contributed by atoms with Crippen molar-refractivity contribution in [3.8, 4) is 50.6 Å². The Morgan fingerprint density at radius 3 is 2.22 bits per heavy atom. The van der Waals surface area contributed by atoms with Crippen LogP contribution in [0, 0.1) is 9.41 Å². The third kappa shape index (κ3) is 5.08. The lowest BCUT2D eigenvalue weighted by molar-refractivity contribution is 0.415. The van der Waals surface area contributed by atoms with E-state index in [0.717, 1.165) is 82.9 Å². The third-order valence-electron chi connectivity index (χ3n) is 9.15. The van der Waals surface area contributed by atoms with Gasteiger partial charge in [-0.15, -0.1) is 0 Å². The molecule has 4 heterocycles. The molecule has 0 aliphatic heterocycles. The van der Waals surface area contributed by atoms with Gasteiger partial charge in [0.15, 0.2) is 10.4 Å². The van der Waals surface area contributed by atoms with Crippen LogP contribution in [0.25, 0.3) is 88.5 Å². The largest absolute Gasteiger partial charge is 0.497 e. The Morgan fingerprint density at radius 1 is 0.660 bits per heavy atom. The van der Waals surface area contributed by atoms with Crippen molar-refractivity contribution in [3.63, 3.8) is 0 Å². The fourth-order valence-electron chi connectivity index (χ4n) is 6.83. The number of pyridine rings is 2. The average molecular weight is 704 g/mol. The summed E-state index contributed by atoms with van der Waals surface area (Å²) in [5.41, 5.74) is 9.54. The van der Waals surface area contributed by atoms with Crippen molar-refractivity contribution in [1.82, 2.24) is 24.9 Å². The first-order valence-corrected chi connectivity index (χ1v) is 17.2. The van der Waals surface area contributed by atoms with Gasteiger partial charge >= 0.3 is 0 Å². The summed E-state index contributed by atoms with van der Waals surface area (Å²) < 4.78 is 6.40. The normalized spacial score (nSPS) is 11.6. The van der Waals surface area contributed by atoms with Crippen LogP contribution in [0.15, 0.2) is 121 Å². The van der Waals surface area contributed by atoms with Crippen LogP contribution >= 0.6 is 36.0 Å². The second-order valence-electron chi connectivity index (χ2n) is 12.1. The van der Waals surface area contributed by atoms with Gasteiger partial charge in [-0.25, -0.2) is 9.97 Å². The number of nitrogens with zero attached hydrogens (tertiary/aromatic N) is 2. The molecule has 0 atom stereocenters. The fourth-order valence-corrected chi connectivity index (χ4v) is 7.52. The molecule has 9 rings (SSSR count). The van der Waals surface area contributed by atoms with Crippen molar-refractivity contribution in [2.45, 2.75) is 0 Å². The molecule has 0 saturated heterocycles. The molecule has 3 N–H and O–H groups in total. The topological polar surface area (TPSA) is 82.4 Å². The molecule has 0 unspecified atom stereocenters. The van der Waals surface area contributed by atoms with Gasteiger partial charge in [-0.1, -0.05) is 103 Å². The van der Waals surface area contributed by atoms with Gasteiger partial charge in [-0.2, -0.15) is 0 Å². The summed E-state index contributed by atoms with van der Waals surface area (Å²) in [6.45, 7) is 0. The van der Waals surface area contributed by atoms with Crippen molar-refractivity contribution in [3.05, 3.63) is 136 Å². The van der Waals surface area contributed by atoms with Crippen LogP contribution in [0.2, 0.25) is 5.02 Å². The zero-order valence-corrected chi connectivity index (χ0v) is 28.9. The van der Waals surface area contributed by atoms with Crippen LogP contribution in [0.1, 0.15) is 0 Å². The molecule has 50 heavy (non-hydrogen) atoms. The van der Waals surface area contributed by atoms with Crippen LogP contribution < -0.4 is 4.74 Å². The van der Waals surface area contributed by atoms with Crippen molar-refractivity contribution in [2.24, 2.45) is 0 Å². The molecule has 0 saturated carbocycles. The first-order valence-electron chi connectivity index (χ1n) is 16.0. The minimum atomic E-state index is 0.418. The first-order chi connectivity index (χ1) is 24.4. The number of aromatic amines is 3. The van der Waals surface area contributed by atoms with Gasteiger partial charge < -0.3 is 19.7 Å². The van der Waals surface area contributed by atoms with Crippen molar-refractivity contribution in [1.29, 1.82) is 0 Å². The standard InChI is InChI=1S/C41H26ClN5OS2/c1-48-28-18-15-24-19-26(12-11-25(24)20-28)30-21-32(22-13-16-27(42)17-14-22)44-39-34(30)38-35(40(49)47-41(50)46-38)37(45-39)33-29-9-5-6-10-31(29)43-36(33)23-7-3-2-4-8-23/h2-21,43H,1H3,(H2,46,47,49,50). The highest BCUT2D eigenvalue weighted by molar-refractivity contribution is 7.72. The van der Waals surface area contributed by atoms with E-state index in [2.05, 4.69) is 69.5 Å². The number of H-pyrrole nitrogens is 3. The average Bonchev–Trinajstić information content (AvgIpc) is 3.53. The molecule has 0 spiro atoms. The molecule has 4 aromatic heterocycles. The Morgan fingerprint density at radius 2 is 1.40 bits per heavy atom. The van der Waals surface area contributed by atoms with E-state index in [4.69, 9.17) is 50.7 Å². The number of aromatic nitrogens is 5. The number of para-hydroxylation sites is 1. The Hall–Kier alpha value is -5.67. The van der Waals surface area contributed by atoms with Gasteiger partial charge in [0.1, 0.15) is 10.4 Å². The molecule has 0 radical (unpaired) electrons. The summed E-state index contributed by atoms with van der Waals surface area (Å²) in [4.78, 5) is 21.0. The Kier molecular flexibility index (Phi) is 7.31. The van der Waals surface area contributed by atoms with Crippen molar-refractivity contribution >= 4 is 79.6 Å². The van der Waals surface area contributed by atoms with E-state index in [-0.39, 0.29) is 0 Å². The molecule has 0 bridgehead atoms.